The first kappa shape index (κ1) is 18.9. The highest BCUT2D eigenvalue weighted by Crippen LogP contribution is 2.22. The quantitative estimate of drug-likeness (QED) is 0.760. The number of amides is 1. The molecule has 0 spiro atoms. The Balaban J connectivity index is 1.57. The van der Waals surface area contributed by atoms with E-state index >= 15 is 0 Å². The van der Waals surface area contributed by atoms with Crippen molar-refractivity contribution in [1.29, 1.82) is 0 Å². The minimum atomic E-state index is -0.656. The van der Waals surface area contributed by atoms with Crippen LogP contribution in [-0.4, -0.2) is 45.3 Å². The highest BCUT2D eigenvalue weighted by atomic mass is 16.6. The molecule has 0 unspecified atom stereocenters. The molecule has 8 heteroatoms. The van der Waals surface area contributed by atoms with Crippen molar-refractivity contribution >= 4 is 12.1 Å². The van der Waals surface area contributed by atoms with E-state index in [1.807, 2.05) is 30.3 Å². The van der Waals surface area contributed by atoms with Gasteiger partial charge in [0.2, 0.25) is 5.89 Å². The van der Waals surface area contributed by atoms with Gasteiger partial charge in [0.05, 0.1) is 0 Å². The summed E-state index contributed by atoms with van der Waals surface area (Å²) in [5, 5.41) is 7.85. The second-order valence-electron chi connectivity index (χ2n) is 7.31. The summed E-state index contributed by atoms with van der Waals surface area (Å²) in [5.74, 6) is 0.0553. The van der Waals surface area contributed by atoms with Crippen molar-refractivity contribution in [2.75, 3.05) is 6.54 Å². The lowest BCUT2D eigenvalue weighted by atomic mass is 10.2. The zero-order chi connectivity index (χ0) is 19.4. The van der Waals surface area contributed by atoms with E-state index in [2.05, 4.69) is 10.2 Å². The number of ether oxygens (including phenoxy) is 2. The molecule has 1 aliphatic rings. The van der Waals surface area contributed by atoms with Crippen molar-refractivity contribution in [2.24, 2.45) is 0 Å². The van der Waals surface area contributed by atoms with Crippen molar-refractivity contribution in [3.8, 4) is 11.5 Å². The maximum absolute atomic E-state index is 12.4. The van der Waals surface area contributed by atoms with Crippen molar-refractivity contribution in [2.45, 2.75) is 51.9 Å². The molecule has 2 heterocycles. The number of rotatable bonds is 4. The summed E-state index contributed by atoms with van der Waals surface area (Å²) in [6.45, 7) is 5.68. The number of nitrogens with zero attached hydrogens (tertiary/aromatic N) is 3. The highest BCUT2D eigenvalue weighted by molar-refractivity contribution is 5.82. The Morgan fingerprint density at radius 3 is 2.67 bits per heavy atom. The standard InChI is InChI=1S/C19H23N3O5/c1-19(2,3)27-18(24)22-11-7-10-14(22)17(23)25-12-15-20-21-16(26-15)13-8-5-4-6-9-13/h4-6,8-9,14H,7,10-12H2,1-3H3/t14-/m0/s1. The van der Waals surface area contributed by atoms with Crippen LogP contribution < -0.4 is 0 Å². The molecule has 144 valence electrons. The van der Waals surface area contributed by atoms with Crippen LogP contribution in [0.15, 0.2) is 34.7 Å². The first-order valence-electron chi connectivity index (χ1n) is 8.87. The van der Waals surface area contributed by atoms with E-state index in [1.54, 1.807) is 20.8 Å². The van der Waals surface area contributed by atoms with Gasteiger partial charge >= 0.3 is 12.1 Å². The minimum Gasteiger partial charge on any atom is -0.454 e. The molecule has 1 amide bonds. The number of carbonyl (C=O) groups excluding carboxylic acids is 2. The Bertz CT molecular complexity index is 797. The molecular weight excluding hydrogens is 350 g/mol. The summed E-state index contributed by atoms with van der Waals surface area (Å²) in [6.07, 6.45) is 0.751. The Morgan fingerprint density at radius 1 is 1.22 bits per heavy atom. The minimum absolute atomic E-state index is 0.142. The van der Waals surface area contributed by atoms with Gasteiger partial charge in [-0.1, -0.05) is 18.2 Å². The molecule has 1 aromatic carbocycles. The molecule has 1 aliphatic heterocycles. The van der Waals surface area contributed by atoms with Crippen LogP contribution in [0.1, 0.15) is 39.5 Å². The predicted molar refractivity (Wildman–Crippen MR) is 95.5 cm³/mol. The number of carbonyl (C=O) groups is 2. The third-order valence-corrected chi connectivity index (χ3v) is 3.98. The molecule has 0 aliphatic carbocycles. The molecule has 3 rings (SSSR count). The fourth-order valence-corrected chi connectivity index (χ4v) is 2.79. The lowest BCUT2D eigenvalue weighted by Crippen LogP contribution is -2.44. The van der Waals surface area contributed by atoms with Crippen LogP contribution >= 0.6 is 0 Å². The first-order valence-corrected chi connectivity index (χ1v) is 8.87. The van der Waals surface area contributed by atoms with Crippen LogP contribution in [0.2, 0.25) is 0 Å². The number of esters is 1. The largest absolute Gasteiger partial charge is 0.454 e. The van der Waals surface area contributed by atoms with E-state index in [0.29, 0.717) is 18.9 Å². The zero-order valence-corrected chi connectivity index (χ0v) is 15.7. The molecule has 8 nitrogen and oxygen atoms in total. The van der Waals surface area contributed by atoms with Crippen molar-refractivity contribution in [3.05, 3.63) is 36.2 Å². The van der Waals surface area contributed by atoms with Gasteiger partial charge in [0.1, 0.15) is 11.6 Å². The average molecular weight is 373 g/mol. The molecular formula is C19H23N3O5. The van der Waals surface area contributed by atoms with Crippen molar-refractivity contribution in [3.63, 3.8) is 0 Å². The molecule has 0 saturated carbocycles. The molecule has 2 aromatic rings. The molecule has 1 atom stereocenters. The number of hydrogen-bond donors (Lipinski definition) is 0. The van der Waals surface area contributed by atoms with E-state index in [-0.39, 0.29) is 12.5 Å². The van der Waals surface area contributed by atoms with Gasteiger partial charge in [0.15, 0.2) is 6.61 Å². The van der Waals surface area contributed by atoms with Crippen LogP contribution in [-0.2, 0) is 20.9 Å². The zero-order valence-electron chi connectivity index (χ0n) is 15.7. The number of hydrogen-bond acceptors (Lipinski definition) is 7. The topological polar surface area (TPSA) is 94.8 Å². The fourth-order valence-electron chi connectivity index (χ4n) is 2.79. The van der Waals surface area contributed by atoms with Crippen LogP contribution in [0, 0.1) is 0 Å². The predicted octanol–water partition coefficient (Wildman–Crippen LogP) is 3.18. The Kier molecular flexibility index (Phi) is 5.43. The van der Waals surface area contributed by atoms with Gasteiger partial charge in [-0.2, -0.15) is 0 Å². The van der Waals surface area contributed by atoms with Gasteiger partial charge in [-0.3, -0.25) is 4.90 Å². The maximum atomic E-state index is 12.4. The summed E-state index contributed by atoms with van der Waals surface area (Å²) in [4.78, 5) is 26.1. The Labute approximate surface area is 157 Å². The monoisotopic (exact) mass is 373 g/mol. The summed E-state index contributed by atoms with van der Waals surface area (Å²) in [6, 6.07) is 8.66. The van der Waals surface area contributed by atoms with Crippen molar-refractivity contribution in [1.82, 2.24) is 15.1 Å². The summed E-state index contributed by atoms with van der Waals surface area (Å²) in [7, 11) is 0. The van der Waals surface area contributed by atoms with Gasteiger partial charge in [-0.05, 0) is 45.7 Å². The van der Waals surface area contributed by atoms with Crippen LogP contribution in [0.3, 0.4) is 0 Å². The lowest BCUT2D eigenvalue weighted by molar-refractivity contribution is -0.150. The third-order valence-electron chi connectivity index (χ3n) is 3.98. The van der Waals surface area contributed by atoms with Gasteiger partial charge in [0.25, 0.3) is 5.89 Å². The number of aromatic nitrogens is 2. The summed E-state index contributed by atoms with van der Waals surface area (Å²) >= 11 is 0. The Morgan fingerprint density at radius 2 is 1.96 bits per heavy atom. The van der Waals surface area contributed by atoms with Crippen LogP contribution in [0.4, 0.5) is 4.79 Å². The van der Waals surface area contributed by atoms with E-state index in [0.717, 1.165) is 12.0 Å². The van der Waals surface area contributed by atoms with Gasteiger partial charge in [-0.15, -0.1) is 10.2 Å². The molecule has 0 radical (unpaired) electrons. The fraction of sp³-hybridized carbons (Fsp3) is 0.474. The van der Waals surface area contributed by atoms with E-state index in [1.165, 1.54) is 4.90 Å². The van der Waals surface area contributed by atoms with Crippen LogP contribution in [0.5, 0.6) is 0 Å². The maximum Gasteiger partial charge on any atom is 0.411 e. The van der Waals surface area contributed by atoms with Gasteiger partial charge in [-0.25, -0.2) is 9.59 Å². The van der Waals surface area contributed by atoms with Gasteiger partial charge < -0.3 is 13.9 Å². The Hall–Kier alpha value is -2.90. The molecule has 0 bridgehead atoms. The van der Waals surface area contributed by atoms with Crippen molar-refractivity contribution < 1.29 is 23.5 Å². The number of likely N-dealkylation sites (tertiary alicyclic amines) is 1. The second-order valence-corrected chi connectivity index (χ2v) is 7.31. The first-order chi connectivity index (χ1) is 12.8. The third kappa shape index (κ3) is 4.84. The van der Waals surface area contributed by atoms with Gasteiger partial charge in [0, 0.05) is 12.1 Å². The molecule has 0 N–H and O–H groups in total. The summed E-state index contributed by atoms with van der Waals surface area (Å²) < 4.78 is 16.2. The number of benzene rings is 1. The van der Waals surface area contributed by atoms with E-state index < -0.39 is 23.7 Å². The smallest absolute Gasteiger partial charge is 0.411 e. The molecule has 1 fully saturated rings. The average Bonchev–Trinajstić information content (AvgIpc) is 3.28. The highest BCUT2D eigenvalue weighted by Gasteiger charge is 2.37. The molecule has 1 saturated heterocycles. The SMILES string of the molecule is CC(C)(C)OC(=O)N1CCC[C@H]1C(=O)OCc1nnc(-c2ccccc2)o1. The van der Waals surface area contributed by atoms with Crippen LogP contribution in [0.25, 0.3) is 11.5 Å². The molecule has 1 aromatic heterocycles. The normalized spacial score (nSPS) is 17.0. The van der Waals surface area contributed by atoms with E-state index in [9.17, 15) is 9.59 Å². The lowest BCUT2D eigenvalue weighted by Gasteiger charge is -2.27. The summed E-state index contributed by atoms with van der Waals surface area (Å²) in [5.41, 5.74) is 0.167. The van der Waals surface area contributed by atoms with E-state index in [4.69, 9.17) is 13.9 Å². The second kappa shape index (κ2) is 7.77. The molecule has 27 heavy (non-hydrogen) atoms.